The van der Waals surface area contributed by atoms with Gasteiger partial charge in [-0.05, 0) is 19.8 Å². The maximum atomic E-state index is 11.2. The third-order valence-electron chi connectivity index (χ3n) is 2.00. The number of imide groups is 1. The fourth-order valence-electron chi connectivity index (χ4n) is 1.16. The number of ether oxygens (including phenoxy) is 1. The lowest BCUT2D eigenvalue weighted by molar-refractivity contribution is -0.142. The largest absolute Gasteiger partial charge is 0.481 e. The molecule has 0 saturated carbocycles. The van der Waals surface area contributed by atoms with Gasteiger partial charge in [0.15, 0.2) is 0 Å². The van der Waals surface area contributed by atoms with Crippen LogP contribution in [0.1, 0.15) is 32.6 Å². The highest BCUT2D eigenvalue weighted by molar-refractivity contribution is 5.95. The number of hydrogen-bond donors (Lipinski definition) is 3. The normalized spacial score (nSPS) is 9.53. The van der Waals surface area contributed by atoms with E-state index in [1.165, 1.54) is 0 Å². The summed E-state index contributed by atoms with van der Waals surface area (Å²) in [5, 5.41) is 12.6. The van der Waals surface area contributed by atoms with Crippen LogP contribution in [0, 0.1) is 0 Å². The first-order valence-electron chi connectivity index (χ1n) is 5.90. The van der Waals surface area contributed by atoms with E-state index >= 15 is 0 Å². The first-order chi connectivity index (χ1) is 8.95. The van der Waals surface area contributed by atoms with Crippen molar-refractivity contribution in [2.75, 3.05) is 13.2 Å². The van der Waals surface area contributed by atoms with Crippen LogP contribution in [-0.4, -0.2) is 42.1 Å². The number of hydrogen-bond acceptors (Lipinski definition) is 5. The van der Waals surface area contributed by atoms with E-state index < -0.39 is 23.9 Å². The average Bonchev–Trinajstić information content (AvgIpc) is 2.32. The zero-order valence-electron chi connectivity index (χ0n) is 10.7. The van der Waals surface area contributed by atoms with E-state index in [1.807, 2.05) is 5.32 Å². The molecule has 0 heterocycles. The summed E-state index contributed by atoms with van der Waals surface area (Å²) in [7, 11) is 0. The summed E-state index contributed by atoms with van der Waals surface area (Å²) >= 11 is 0. The monoisotopic (exact) mass is 274 g/mol. The molecular weight excluding hydrogens is 256 g/mol. The Morgan fingerprint density at radius 3 is 2.32 bits per heavy atom. The van der Waals surface area contributed by atoms with Gasteiger partial charge in [-0.15, -0.1) is 0 Å². The summed E-state index contributed by atoms with van der Waals surface area (Å²) in [4.78, 5) is 43.5. The van der Waals surface area contributed by atoms with Crippen molar-refractivity contribution in [1.82, 2.24) is 10.6 Å². The molecule has 0 aromatic rings. The lowest BCUT2D eigenvalue weighted by Gasteiger charge is -2.06. The van der Waals surface area contributed by atoms with E-state index in [9.17, 15) is 19.2 Å². The maximum absolute atomic E-state index is 11.2. The summed E-state index contributed by atoms with van der Waals surface area (Å²) in [6.07, 6.45) is 0.791. The third kappa shape index (κ3) is 10.7. The number of esters is 1. The quantitative estimate of drug-likeness (QED) is 0.423. The lowest BCUT2D eigenvalue weighted by Crippen LogP contribution is -2.41. The second-order valence-corrected chi connectivity index (χ2v) is 3.64. The lowest BCUT2D eigenvalue weighted by atomic mass is 10.2. The highest BCUT2D eigenvalue weighted by Crippen LogP contribution is 1.99. The number of aliphatic carboxylic acids is 1. The van der Waals surface area contributed by atoms with Gasteiger partial charge in [0.2, 0.25) is 5.91 Å². The minimum Gasteiger partial charge on any atom is -0.481 e. The second kappa shape index (κ2) is 9.86. The van der Waals surface area contributed by atoms with Crippen molar-refractivity contribution in [3.8, 4) is 0 Å². The highest BCUT2D eigenvalue weighted by Gasteiger charge is 2.09. The Bertz CT molecular complexity index is 342. The molecule has 0 radical (unpaired) electrons. The molecule has 0 aromatic carbocycles. The van der Waals surface area contributed by atoms with Gasteiger partial charge < -0.3 is 15.2 Å². The van der Waals surface area contributed by atoms with Crippen molar-refractivity contribution in [3.63, 3.8) is 0 Å². The smallest absolute Gasteiger partial charge is 0.325 e. The van der Waals surface area contributed by atoms with E-state index in [-0.39, 0.29) is 26.0 Å². The molecule has 0 spiro atoms. The minimum atomic E-state index is -0.924. The van der Waals surface area contributed by atoms with Crippen molar-refractivity contribution in [2.45, 2.75) is 32.6 Å². The number of carbonyl (C=O) groups excluding carboxylic acids is 3. The van der Waals surface area contributed by atoms with Crippen LogP contribution in [0.15, 0.2) is 0 Å². The molecule has 0 aliphatic rings. The van der Waals surface area contributed by atoms with Crippen LogP contribution >= 0.6 is 0 Å². The topological polar surface area (TPSA) is 122 Å². The van der Waals surface area contributed by atoms with Gasteiger partial charge in [-0.25, -0.2) is 4.79 Å². The number of carboxylic acid groups (broad SMARTS) is 1. The van der Waals surface area contributed by atoms with Gasteiger partial charge in [0, 0.05) is 12.8 Å². The number of carboxylic acids is 1. The van der Waals surface area contributed by atoms with Crippen molar-refractivity contribution in [1.29, 1.82) is 0 Å². The third-order valence-corrected chi connectivity index (χ3v) is 2.00. The van der Waals surface area contributed by atoms with Crippen LogP contribution < -0.4 is 10.6 Å². The first kappa shape index (κ1) is 16.9. The Balaban J connectivity index is 3.66. The first-order valence-corrected chi connectivity index (χ1v) is 5.90. The molecule has 19 heavy (non-hydrogen) atoms. The second-order valence-electron chi connectivity index (χ2n) is 3.64. The van der Waals surface area contributed by atoms with Crippen LogP contribution in [0.3, 0.4) is 0 Å². The molecule has 0 rings (SSSR count). The predicted octanol–water partition coefficient (Wildman–Crippen LogP) is 0.0203. The molecule has 0 aliphatic heterocycles. The van der Waals surface area contributed by atoms with Crippen LogP contribution in [0.25, 0.3) is 0 Å². The predicted molar refractivity (Wildman–Crippen MR) is 64.3 cm³/mol. The van der Waals surface area contributed by atoms with E-state index in [2.05, 4.69) is 10.1 Å². The fourth-order valence-corrected chi connectivity index (χ4v) is 1.16. The number of rotatable bonds is 8. The number of urea groups is 1. The standard InChI is InChI=1S/C11H18N2O6/c1-2-19-10(17)7-12-11(18)13-8(14)5-3-4-6-9(15)16/h2-7H2,1H3,(H,15,16)(H2,12,13,14,18). The molecule has 8 nitrogen and oxygen atoms in total. The van der Waals surface area contributed by atoms with E-state index in [1.54, 1.807) is 6.92 Å². The highest BCUT2D eigenvalue weighted by atomic mass is 16.5. The van der Waals surface area contributed by atoms with Crippen LogP contribution in [0.4, 0.5) is 4.79 Å². The Kier molecular flexibility index (Phi) is 8.76. The summed E-state index contributed by atoms with van der Waals surface area (Å²) in [5.74, 6) is -2.04. The number of carbonyl (C=O) groups is 4. The fraction of sp³-hybridized carbons (Fsp3) is 0.636. The van der Waals surface area contributed by atoms with Gasteiger partial charge in [-0.2, -0.15) is 0 Å². The molecule has 3 N–H and O–H groups in total. The summed E-state index contributed by atoms with van der Waals surface area (Å²) in [6.45, 7) is 1.54. The summed E-state index contributed by atoms with van der Waals surface area (Å²) in [6, 6.07) is -0.781. The minimum absolute atomic E-state index is 0.0116. The molecule has 0 unspecified atom stereocenters. The Morgan fingerprint density at radius 2 is 1.74 bits per heavy atom. The van der Waals surface area contributed by atoms with E-state index in [4.69, 9.17) is 5.11 Å². The van der Waals surface area contributed by atoms with Gasteiger partial charge >= 0.3 is 18.0 Å². The molecular formula is C11H18N2O6. The molecule has 0 saturated heterocycles. The Hall–Kier alpha value is -2.12. The summed E-state index contributed by atoms with van der Waals surface area (Å²) < 4.78 is 4.58. The number of amides is 3. The molecule has 8 heteroatoms. The van der Waals surface area contributed by atoms with E-state index in [0.29, 0.717) is 12.8 Å². The zero-order valence-corrected chi connectivity index (χ0v) is 10.7. The molecule has 108 valence electrons. The van der Waals surface area contributed by atoms with Gasteiger partial charge in [0.25, 0.3) is 0 Å². The van der Waals surface area contributed by atoms with E-state index in [0.717, 1.165) is 0 Å². The van der Waals surface area contributed by atoms with Gasteiger partial charge in [-0.1, -0.05) is 0 Å². The maximum Gasteiger partial charge on any atom is 0.325 e. The van der Waals surface area contributed by atoms with Crippen molar-refractivity contribution >= 4 is 23.9 Å². The average molecular weight is 274 g/mol. The molecule has 0 fully saturated rings. The molecule has 0 bridgehead atoms. The number of nitrogens with one attached hydrogen (secondary N) is 2. The SMILES string of the molecule is CCOC(=O)CNC(=O)NC(=O)CCCCC(=O)O. The summed E-state index contributed by atoms with van der Waals surface area (Å²) in [5.41, 5.74) is 0. The Morgan fingerprint density at radius 1 is 1.11 bits per heavy atom. The Labute approximate surface area is 110 Å². The molecule has 0 atom stereocenters. The van der Waals surface area contributed by atoms with Gasteiger partial charge in [0.05, 0.1) is 6.61 Å². The number of unbranched alkanes of at least 4 members (excludes halogenated alkanes) is 1. The van der Waals surface area contributed by atoms with Gasteiger partial charge in [-0.3, -0.25) is 19.7 Å². The molecule has 0 aliphatic carbocycles. The van der Waals surface area contributed by atoms with Crippen LogP contribution in [-0.2, 0) is 19.1 Å². The van der Waals surface area contributed by atoms with Crippen molar-refractivity contribution in [2.24, 2.45) is 0 Å². The van der Waals surface area contributed by atoms with Crippen LogP contribution in [0.5, 0.6) is 0 Å². The van der Waals surface area contributed by atoms with Crippen molar-refractivity contribution in [3.05, 3.63) is 0 Å². The van der Waals surface area contributed by atoms with Gasteiger partial charge in [0.1, 0.15) is 6.54 Å². The molecule has 3 amide bonds. The van der Waals surface area contributed by atoms with Crippen molar-refractivity contribution < 1.29 is 29.0 Å². The zero-order chi connectivity index (χ0) is 14.7. The van der Waals surface area contributed by atoms with Crippen LogP contribution in [0.2, 0.25) is 0 Å². The molecule has 0 aromatic heterocycles.